The Hall–Kier alpha value is -0.580. The molecule has 1 atom stereocenters. The van der Waals surface area contributed by atoms with Crippen LogP contribution in [0, 0.1) is 3.57 Å². The van der Waals surface area contributed by atoms with Crippen molar-refractivity contribution in [3.8, 4) is 0 Å². The average molecular weight is 387 g/mol. The number of aryl methyl sites for hydroxylation is 1. The Morgan fingerprint density at radius 2 is 1.84 bits per heavy atom. The van der Waals surface area contributed by atoms with Gasteiger partial charge in [-0.15, -0.1) is 0 Å². The molecule has 0 aliphatic heterocycles. The molecule has 0 bridgehead atoms. The fraction of sp³-hybridized carbons (Fsp3) is 0.250. The maximum Gasteiger partial charge on any atom is 0.0800 e. The molecule has 0 saturated heterocycles. The topological polar surface area (TPSA) is 20.2 Å². The van der Waals surface area contributed by atoms with Crippen molar-refractivity contribution in [1.82, 2.24) is 0 Å². The third-order valence-electron chi connectivity index (χ3n) is 3.10. The van der Waals surface area contributed by atoms with Crippen molar-refractivity contribution in [1.29, 1.82) is 0 Å². The van der Waals surface area contributed by atoms with E-state index in [9.17, 15) is 5.11 Å². The second kappa shape index (κ2) is 7.27. The summed E-state index contributed by atoms with van der Waals surface area (Å²) in [5, 5.41) is 10.9. The van der Waals surface area contributed by atoms with Gasteiger partial charge in [-0.2, -0.15) is 0 Å². The molecule has 0 aromatic heterocycles. The van der Waals surface area contributed by atoms with Crippen LogP contribution >= 0.6 is 34.2 Å². The zero-order chi connectivity index (χ0) is 13.7. The van der Waals surface area contributed by atoms with Gasteiger partial charge in [0.1, 0.15) is 0 Å². The van der Waals surface area contributed by atoms with Crippen molar-refractivity contribution in [2.24, 2.45) is 0 Å². The van der Waals surface area contributed by atoms with Gasteiger partial charge in [0, 0.05) is 8.59 Å². The molecule has 1 N–H and O–H groups in total. The summed E-state index contributed by atoms with van der Waals surface area (Å²) in [5.41, 5.74) is 2.25. The van der Waals surface area contributed by atoms with Crippen LogP contribution in [-0.2, 0) is 6.42 Å². The van der Waals surface area contributed by atoms with E-state index in [1.54, 1.807) is 0 Å². The van der Waals surface area contributed by atoms with Crippen molar-refractivity contribution >= 4 is 34.2 Å². The molecule has 1 unspecified atom stereocenters. The van der Waals surface area contributed by atoms with Gasteiger partial charge in [-0.3, -0.25) is 0 Å². The molecule has 0 spiro atoms. The molecular weight excluding hydrogens is 371 g/mol. The third kappa shape index (κ3) is 4.48. The molecule has 2 rings (SSSR count). The van der Waals surface area contributed by atoms with Crippen molar-refractivity contribution in [3.63, 3.8) is 0 Å². The normalized spacial score (nSPS) is 12.4. The van der Waals surface area contributed by atoms with Crippen molar-refractivity contribution < 1.29 is 5.11 Å². The van der Waals surface area contributed by atoms with E-state index >= 15 is 0 Å². The summed E-state index contributed by atoms with van der Waals surface area (Å²) in [7, 11) is 0. The number of halogens is 2. The van der Waals surface area contributed by atoms with Gasteiger partial charge >= 0.3 is 0 Å². The minimum Gasteiger partial charge on any atom is -0.388 e. The number of hydrogen-bond donors (Lipinski definition) is 1. The van der Waals surface area contributed by atoms with E-state index in [2.05, 4.69) is 34.7 Å². The largest absolute Gasteiger partial charge is 0.388 e. The van der Waals surface area contributed by atoms with Crippen LogP contribution in [-0.4, -0.2) is 5.11 Å². The Balaban J connectivity index is 1.91. The summed E-state index contributed by atoms with van der Waals surface area (Å²) in [6.07, 6.45) is 2.28. The maximum absolute atomic E-state index is 10.2. The van der Waals surface area contributed by atoms with Gasteiger partial charge in [0.05, 0.1) is 6.10 Å². The Morgan fingerprint density at radius 1 is 1.11 bits per heavy atom. The van der Waals surface area contributed by atoms with Gasteiger partial charge in [-0.1, -0.05) is 41.9 Å². The SMILES string of the molecule is OC(CCCc1ccccc1)c1cc(Cl)ccc1I. The van der Waals surface area contributed by atoms with Crippen LogP contribution in [0.1, 0.15) is 30.1 Å². The van der Waals surface area contributed by atoms with E-state index in [1.165, 1.54) is 5.56 Å². The van der Waals surface area contributed by atoms with E-state index in [-0.39, 0.29) is 0 Å². The van der Waals surface area contributed by atoms with Crippen LogP contribution in [0.3, 0.4) is 0 Å². The minimum absolute atomic E-state index is 0.436. The molecule has 0 saturated carbocycles. The lowest BCUT2D eigenvalue weighted by molar-refractivity contribution is 0.164. The quantitative estimate of drug-likeness (QED) is 0.717. The molecule has 2 aromatic carbocycles. The fourth-order valence-electron chi connectivity index (χ4n) is 2.07. The molecule has 0 radical (unpaired) electrons. The number of benzene rings is 2. The average Bonchev–Trinajstić information content (AvgIpc) is 2.42. The van der Waals surface area contributed by atoms with Crippen molar-refractivity contribution in [3.05, 3.63) is 68.3 Å². The number of hydrogen-bond acceptors (Lipinski definition) is 1. The maximum atomic E-state index is 10.2. The van der Waals surface area contributed by atoms with Gasteiger partial charge in [0.2, 0.25) is 0 Å². The monoisotopic (exact) mass is 386 g/mol. The second-order valence-electron chi connectivity index (χ2n) is 4.56. The standard InChI is InChI=1S/C16H16ClIO/c17-13-9-10-15(18)14(11-13)16(19)8-4-7-12-5-2-1-3-6-12/h1-3,5-6,9-11,16,19H,4,7-8H2. The van der Waals surface area contributed by atoms with Crippen LogP contribution < -0.4 is 0 Å². The minimum atomic E-state index is -0.436. The van der Waals surface area contributed by atoms with Gasteiger partial charge in [0.15, 0.2) is 0 Å². The van der Waals surface area contributed by atoms with Gasteiger partial charge in [-0.05, 0) is 71.2 Å². The van der Waals surface area contributed by atoms with Crippen LogP contribution in [0.5, 0.6) is 0 Å². The number of aliphatic hydroxyl groups excluding tert-OH is 1. The van der Waals surface area contributed by atoms with Gasteiger partial charge in [-0.25, -0.2) is 0 Å². The van der Waals surface area contributed by atoms with Crippen molar-refractivity contribution in [2.45, 2.75) is 25.4 Å². The predicted octanol–water partition coefficient (Wildman–Crippen LogP) is 5.00. The first-order valence-electron chi connectivity index (χ1n) is 6.34. The van der Waals surface area contributed by atoms with E-state index in [4.69, 9.17) is 11.6 Å². The second-order valence-corrected chi connectivity index (χ2v) is 6.16. The first-order valence-corrected chi connectivity index (χ1v) is 7.79. The van der Waals surface area contributed by atoms with Crippen LogP contribution in [0.4, 0.5) is 0 Å². The molecule has 100 valence electrons. The lowest BCUT2D eigenvalue weighted by Crippen LogP contribution is -2.01. The van der Waals surface area contributed by atoms with Crippen LogP contribution in [0.2, 0.25) is 5.02 Å². The van der Waals surface area contributed by atoms with E-state index in [0.29, 0.717) is 5.02 Å². The molecule has 0 heterocycles. The molecule has 0 fully saturated rings. The molecule has 0 amide bonds. The first kappa shape index (κ1) is 14.8. The Kier molecular flexibility index (Phi) is 5.67. The van der Waals surface area contributed by atoms with Crippen LogP contribution in [0.15, 0.2) is 48.5 Å². The lowest BCUT2D eigenvalue weighted by atomic mass is 10.0. The molecular formula is C16H16ClIO. The van der Waals surface area contributed by atoms with E-state index in [1.807, 2.05) is 36.4 Å². The molecule has 0 aliphatic rings. The highest BCUT2D eigenvalue weighted by Gasteiger charge is 2.11. The summed E-state index contributed by atoms with van der Waals surface area (Å²) < 4.78 is 1.06. The zero-order valence-corrected chi connectivity index (χ0v) is 13.4. The van der Waals surface area contributed by atoms with Crippen LogP contribution in [0.25, 0.3) is 0 Å². The van der Waals surface area contributed by atoms with Crippen molar-refractivity contribution in [2.75, 3.05) is 0 Å². The highest BCUT2D eigenvalue weighted by molar-refractivity contribution is 14.1. The Bertz CT molecular complexity index is 528. The first-order chi connectivity index (χ1) is 9.16. The molecule has 3 heteroatoms. The summed E-state index contributed by atoms with van der Waals surface area (Å²) in [6.45, 7) is 0. The fourth-order valence-corrected chi connectivity index (χ4v) is 2.95. The molecule has 0 aliphatic carbocycles. The number of rotatable bonds is 5. The molecule has 2 aromatic rings. The summed E-state index contributed by atoms with van der Waals surface area (Å²) in [6, 6.07) is 16.0. The summed E-state index contributed by atoms with van der Waals surface area (Å²) in [4.78, 5) is 0. The van der Waals surface area contributed by atoms with Gasteiger partial charge < -0.3 is 5.11 Å². The Labute approximate surface area is 132 Å². The summed E-state index contributed by atoms with van der Waals surface area (Å²) in [5.74, 6) is 0. The summed E-state index contributed by atoms with van der Waals surface area (Å²) >= 11 is 8.21. The lowest BCUT2D eigenvalue weighted by Gasteiger charge is -2.13. The predicted molar refractivity (Wildman–Crippen MR) is 88.5 cm³/mol. The molecule has 19 heavy (non-hydrogen) atoms. The third-order valence-corrected chi connectivity index (χ3v) is 4.32. The smallest absolute Gasteiger partial charge is 0.0800 e. The zero-order valence-electron chi connectivity index (χ0n) is 10.5. The van der Waals surface area contributed by atoms with Gasteiger partial charge in [0.25, 0.3) is 0 Å². The van der Waals surface area contributed by atoms with E-state index < -0.39 is 6.10 Å². The number of aliphatic hydroxyl groups is 1. The Morgan fingerprint density at radius 3 is 2.58 bits per heavy atom. The highest BCUT2D eigenvalue weighted by Crippen LogP contribution is 2.27. The van der Waals surface area contributed by atoms with E-state index in [0.717, 1.165) is 28.4 Å². The highest BCUT2D eigenvalue weighted by atomic mass is 127. The molecule has 1 nitrogen and oxygen atoms in total.